The van der Waals surface area contributed by atoms with Crippen molar-refractivity contribution in [1.82, 2.24) is 10.6 Å². The molecule has 0 aromatic heterocycles. The van der Waals surface area contributed by atoms with Crippen LogP contribution < -0.4 is 10.6 Å². The van der Waals surface area contributed by atoms with E-state index in [0.717, 1.165) is 55.2 Å². The summed E-state index contributed by atoms with van der Waals surface area (Å²) in [5.41, 5.74) is 2.76. The number of fused-ring (bicyclic) bond motifs is 2. The number of hydrogen-bond donors (Lipinski definition) is 2. The van der Waals surface area contributed by atoms with Crippen LogP contribution >= 0.6 is 31.9 Å². The summed E-state index contributed by atoms with van der Waals surface area (Å²) in [6.45, 7) is 4.18. The summed E-state index contributed by atoms with van der Waals surface area (Å²) < 4.78 is 1.50. The second-order valence-electron chi connectivity index (χ2n) is 9.66. The highest BCUT2D eigenvalue weighted by Gasteiger charge is 2.36. The van der Waals surface area contributed by atoms with Gasteiger partial charge in [-0.25, -0.2) is 0 Å². The summed E-state index contributed by atoms with van der Waals surface area (Å²) in [6.07, 6.45) is 1.63. The molecule has 7 rings (SSSR count). The molecule has 0 fully saturated rings. The van der Waals surface area contributed by atoms with Gasteiger partial charge in [-0.2, -0.15) is 0 Å². The second kappa shape index (κ2) is 7.58. The van der Waals surface area contributed by atoms with Crippen molar-refractivity contribution >= 4 is 98.6 Å². The van der Waals surface area contributed by atoms with Gasteiger partial charge in [0.25, 0.3) is 23.6 Å². The Balaban J connectivity index is 1.86. The van der Waals surface area contributed by atoms with Crippen LogP contribution in [0.25, 0.3) is 43.1 Å². The van der Waals surface area contributed by atoms with Crippen LogP contribution in [0, 0.1) is 0 Å². The quantitative estimate of drug-likeness (QED) is 0.130. The van der Waals surface area contributed by atoms with Crippen LogP contribution in [0.3, 0.4) is 0 Å². The number of imide groups is 2. The monoisotopic (exact) mass is 616 g/mol. The molecule has 5 aromatic carbocycles. The van der Waals surface area contributed by atoms with Crippen molar-refractivity contribution in [2.24, 2.45) is 0 Å². The fourth-order valence-corrected chi connectivity index (χ4v) is 8.00. The third kappa shape index (κ3) is 2.69. The fourth-order valence-electron chi connectivity index (χ4n) is 6.42. The summed E-state index contributed by atoms with van der Waals surface area (Å²) >= 11 is 7.61. The van der Waals surface area contributed by atoms with E-state index < -0.39 is 23.6 Å². The molecule has 0 radical (unpaired) electrons. The first-order chi connectivity index (χ1) is 17.8. The van der Waals surface area contributed by atoms with Crippen molar-refractivity contribution in [2.45, 2.75) is 32.6 Å². The number of amides is 4. The predicted octanol–water partition coefficient (Wildman–Crippen LogP) is 6.93. The molecule has 5 aromatic rings. The molecule has 0 bridgehead atoms. The van der Waals surface area contributed by atoms with Crippen molar-refractivity contribution in [2.75, 3.05) is 0 Å². The molecule has 182 valence electrons. The van der Waals surface area contributed by atoms with E-state index in [9.17, 15) is 19.2 Å². The Morgan fingerprint density at radius 2 is 1.22 bits per heavy atom. The molecule has 0 saturated carbocycles. The normalized spacial score (nSPS) is 15.1. The summed E-state index contributed by atoms with van der Waals surface area (Å²) in [5, 5.41) is 11.3. The van der Waals surface area contributed by atoms with Crippen molar-refractivity contribution in [3.8, 4) is 0 Å². The molecule has 4 amide bonds. The maximum Gasteiger partial charge on any atom is 0.259 e. The SMILES string of the molecule is CCC(CC)c1c2c3c(cc(Br)c4c5ccc6c7c(ccc(c(c1Br)c34)c75)C(=O)NC6=O)C(=O)NC2=O. The van der Waals surface area contributed by atoms with E-state index in [-0.39, 0.29) is 5.92 Å². The molecule has 37 heavy (non-hydrogen) atoms. The maximum absolute atomic E-state index is 13.4. The average molecular weight is 618 g/mol. The van der Waals surface area contributed by atoms with Crippen molar-refractivity contribution in [3.05, 3.63) is 67.1 Å². The second-order valence-corrected chi connectivity index (χ2v) is 11.3. The highest BCUT2D eigenvalue weighted by molar-refractivity contribution is 9.11. The first-order valence-electron chi connectivity index (χ1n) is 12.1. The van der Waals surface area contributed by atoms with Crippen LogP contribution in [0.2, 0.25) is 0 Å². The molecule has 2 aliphatic rings. The molecule has 6 nitrogen and oxygen atoms in total. The summed E-state index contributed by atoms with van der Waals surface area (Å²) in [6, 6.07) is 9.06. The van der Waals surface area contributed by atoms with Gasteiger partial charge >= 0.3 is 0 Å². The molecular formula is C29H18Br2N2O4. The van der Waals surface area contributed by atoms with E-state index in [2.05, 4.69) is 56.3 Å². The number of hydrogen-bond acceptors (Lipinski definition) is 4. The highest BCUT2D eigenvalue weighted by Crippen LogP contribution is 2.52. The van der Waals surface area contributed by atoms with Gasteiger partial charge in [-0.15, -0.1) is 0 Å². The topological polar surface area (TPSA) is 92.3 Å². The molecule has 0 saturated heterocycles. The first-order valence-corrected chi connectivity index (χ1v) is 13.7. The number of nitrogens with one attached hydrogen (secondary N) is 2. The van der Waals surface area contributed by atoms with Gasteiger partial charge in [0.15, 0.2) is 0 Å². The Kier molecular flexibility index (Phi) is 4.67. The predicted molar refractivity (Wildman–Crippen MR) is 150 cm³/mol. The zero-order valence-electron chi connectivity index (χ0n) is 19.8. The van der Waals surface area contributed by atoms with Gasteiger partial charge in [-0.1, -0.05) is 41.9 Å². The van der Waals surface area contributed by atoms with Gasteiger partial charge in [0.2, 0.25) is 0 Å². The zero-order chi connectivity index (χ0) is 25.9. The lowest BCUT2D eigenvalue weighted by Crippen LogP contribution is -2.36. The number of halogens is 2. The molecule has 0 atom stereocenters. The lowest BCUT2D eigenvalue weighted by Gasteiger charge is -2.29. The Morgan fingerprint density at radius 1 is 0.649 bits per heavy atom. The first kappa shape index (κ1) is 22.8. The van der Waals surface area contributed by atoms with Crippen LogP contribution in [0.4, 0.5) is 0 Å². The molecule has 2 N–H and O–H groups in total. The average Bonchev–Trinajstić information content (AvgIpc) is 2.87. The van der Waals surface area contributed by atoms with Crippen molar-refractivity contribution < 1.29 is 19.2 Å². The summed E-state index contributed by atoms with van der Waals surface area (Å²) in [4.78, 5) is 52.0. The van der Waals surface area contributed by atoms with Gasteiger partial charge in [-0.05, 0) is 74.6 Å². The number of benzene rings is 5. The van der Waals surface area contributed by atoms with E-state index in [4.69, 9.17) is 0 Å². The molecular weight excluding hydrogens is 600 g/mol. The van der Waals surface area contributed by atoms with Crippen LogP contribution in [0.15, 0.2) is 39.3 Å². The smallest absolute Gasteiger partial charge is 0.259 e. The Hall–Kier alpha value is -3.36. The molecule has 2 aliphatic heterocycles. The Bertz CT molecular complexity index is 1940. The van der Waals surface area contributed by atoms with Gasteiger partial charge < -0.3 is 0 Å². The van der Waals surface area contributed by atoms with Crippen LogP contribution in [0.1, 0.15) is 79.6 Å². The molecule has 2 heterocycles. The largest absolute Gasteiger partial charge is 0.288 e. The molecule has 8 heteroatoms. The van der Waals surface area contributed by atoms with Crippen LogP contribution in [0.5, 0.6) is 0 Å². The van der Waals surface area contributed by atoms with E-state index in [1.807, 2.05) is 12.1 Å². The zero-order valence-corrected chi connectivity index (χ0v) is 22.9. The fraction of sp³-hybridized carbons (Fsp3) is 0.172. The van der Waals surface area contributed by atoms with Gasteiger partial charge in [0, 0.05) is 52.6 Å². The summed E-state index contributed by atoms with van der Waals surface area (Å²) in [7, 11) is 0. The van der Waals surface area contributed by atoms with Gasteiger partial charge in [0.1, 0.15) is 0 Å². The van der Waals surface area contributed by atoms with E-state index >= 15 is 0 Å². The van der Waals surface area contributed by atoms with Crippen LogP contribution in [-0.2, 0) is 0 Å². The lowest BCUT2D eigenvalue weighted by atomic mass is 9.78. The number of carbonyl (C=O) groups is 4. The third-order valence-electron chi connectivity index (χ3n) is 8.01. The minimum atomic E-state index is -0.424. The lowest BCUT2D eigenvalue weighted by molar-refractivity contribution is 0.0828. The highest BCUT2D eigenvalue weighted by atomic mass is 79.9. The summed E-state index contributed by atoms with van der Waals surface area (Å²) in [5.74, 6) is -1.58. The van der Waals surface area contributed by atoms with Gasteiger partial charge in [0.05, 0.1) is 5.56 Å². The molecule has 0 unspecified atom stereocenters. The number of rotatable bonds is 3. The molecule has 0 spiro atoms. The Labute approximate surface area is 227 Å². The minimum Gasteiger partial charge on any atom is -0.288 e. The van der Waals surface area contributed by atoms with E-state index in [1.165, 1.54) is 0 Å². The van der Waals surface area contributed by atoms with Gasteiger partial charge in [-0.3, -0.25) is 29.8 Å². The Morgan fingerprint density at radius 3 is 1.84 bits per heavy atom. The van der Waals surface area contributed by atoms with Crippen molar-refractivity contribution in [1.29, 1.82) is 0 Å². The standard InChI is InChI=1S/C29H18Br2N2O4/c1-3-10(4-2)17-24-21-15(28(36)33-29(24)37)9-16(30)20-11-5-7-13-19-14(27(35)32-26(13)34)8-6-12(18(11)19)22(23(20)21)25(17)31/h5-10H,3-4H2,1-2H3,(H,32,34,35)(H,33,36,37). The maximum atomic E-state index is 13.4. The molecule has 0 aliphatic carbocycles. The third-order valence-corrected chi connectivity index (χ3v) is 9.46. The minimum absolute atomic E-state index is 0.0812. The van der Waals surface area contributed by atoms with Crippen molar-refractivity contribution in [3.63, 3.8) is 0 Å². The number of carbonyl (C=O) groups excluding carboxylic acids is 4. The van der Waals surface area contributed by atoms with E-state index in [1.54, 1.807) is 18.2 Å². The van der Waals surface area contributed by atoms with E-state index in [0.29, 0.717) is 37.5 Å². The van der Waals surface area contributed by atoms with Crippen LogP contribution in [-0.4, -0.2) is 23.6 Å².